The largest absolute Gasteiger partial charge is 0.387 e. The minimum Gasteiger partial charge on any atom is -0.387 e. The van der Waals surface area contributed by atoms with Crippen LogP contribution in [0.3, 0.4) is 0 Å². The molecule has 86 valence electrons. The molecule has 0 spiro atoms. The van der Waals surface area contributed by atoms with Gasteiger partial charge in [-0.1, -0.05) is 0 Å². The van der Waals surface area contributed by atoms with E-state index in [0.717, 1.165) is 0 Å². The second-order valence-corrected chi connectivity index (χ2v) is 3.30. The standard InChI is InChI=1S/C10H12N2O4/c1-7(13)11-6-10(14)8-2-4-9(5-3-8)12(15)16/h2-5,10,14H,6H2,1H3,(H,11,13)/t10-/m0/s1. The highest BCUT2D eigenvalue weighted by Gasteiger charge is 2.10. The van der Waals surface area contributed by atoms with E-state index < -0.39 is 11.0 Å². The van der Waals surface area contributed by atoms with Gasteiger partial charge >= 0.3 is 0 Å². The summed E-state index contributed by atoms with van der Waals surface area (Å²) in [6, 6.07) is 5.55. The molecule has 0 saturated carbocycles. The fourth-order valence-corrected chi connectivity index (χ4v) is 1.18. The van der Waals surface area contributed by atoms with Crippen LogP contribution in [0.2, 0.25) is 0 Å². The van der Waals surface area contributed by atoms with Gasteiger partial charge in [0, 0.05) is 25.6 Å². The number of nitrogens with one attached hydrogen (secondary N) is 1. The summed E-state index contributed by atoms with van der Waals surface area (Å²) < 4.78 is 0. The Hall–Kier alpha value is -1.95. The van der Waals surface area contributed by atoms with Crippen molar-refractivity contribution in [1.82, 2.24) is 5.32 Å². The second-order valence-electron chi connectivity index (χ2n) is 3.30. The highest BCUT2D eigenvalue weighted by molar-refractivity contribution is 5.72. The Balaban J connectivity index is 2.66. The third-order valence-electron chi connectivity index (χ3n) is 2.03. The zero-order valence-electron chi connectivity index (χ0n) is 8.71. The van der Waals surface area contributed by atoms with Gasteiger partial charge in [0.15, 0.2) is 0 Å². The van der Waals surface area contributed by atoms with E-state index in [1.165, 1.54) is 31.2 Å². The molecule has 0 radical (unpaired) electrons. The summed E-state index contributed by atoms with van der Waals surface area (Å²) in [5.41, 5.74) is 0.495. The Morgan fingerprint density at radius 2 is 2.06 bits per heavy atom. The third kappa shape index (κ3) is 3.32. The van der Waals surface area contributed by atoms with Crippen molar-refractivity contribution in [2.45, 2.75) is 13.0 Å². The molecule has 0 aromatic heterocycles. The Bertz CT molecular complexity index is 388. The molecule has 1 aromatic rings. The van der Waals surface area contributed by atoms with Crippen molar-refractivity contribution in [3.05, 3.63) is 39.9 Å². The van der Waals surface area contributed by atoms with Gasteiger partial charge in [0.1, 0.15) is 0 Å². The molecule has 0 fully saturated rings. The number of rotatable bonds is 4. The van der Waals surface area contributed by atoms with Crippen LogP contribution in [0.25, 0.3) is 0 Å². The van der Waals surface area contributed by atoms with Crippen molar-refractivity contribution in [3.8, 4) is 0 Å². The van der Waals surface area contributed by atoms with Crippen LogP contribution >= 0.6 is 0 Å². The topological polar surface area (TPSA) is 92.5 Å². The minimum absolute atomic E-state index is 0.0320. The average molecular weight is 224 g/mol. The van der Waals surface area contributed by atoms with Crippen LogP contribution in [0.5, 0.6) is 0 Å². The molecule has 2 N–H and O–H groups in total. The van der Waals surface area contributed by atoms with E-state index >= 15 is 0 Å². The number of carbonyl (C=O) groups is 1. The molecule has 1 rings (SSSR count). The summed E-state index contributed by atoms with van der Waals surface area (Å²) in [4.78, 5) is 20.5. The van der Waals surface area contributed by atoms with Crippen molar-refractivity contribution in [2.24, 2.45) is 0 Å². The zero-order chi connectivity index (χ0) is 12.1. The lowest BCUT2D eigenvalue weighted by molar-refractivity contribution is -0.384. The Kier molecular flexibility index (Phi) is 3.96. The minimum atomic E-state index is -0.857. The molecule has 1 amide bonds. The smallest absolute Gasteiger partial charge is 0.269 e. The summed E-state index contributed by atoms with van der Waals surface area (Å²) in [6.45, 7) is 1.44. The van der Waals surface area contributed by atoms with Gasteiger partial charge in [0.25, 0.3) is 5.69 Å². The van der Waals surface area contributed by atoms with Gasteiger partial charge in [0.2, 0.25) is 5.91 Å². The first-order valence-corrected chi connectivity index (χ1v) is 4.67. The van der Waals surface area contributed by atoms with Gasteiger partial charge in [-0.15, -0.1) is 0 Å². The number of aliphatic hydroxyl groups excluding tert-OH is 1. The summed E-state index contributed by atoms with van der Waals surface area (Å²) in [6.07, 6.45) is -0.857. The normalized spacial score (nSPS) is 11.9. The predicted molar refractivity (Wildman–Crippen MR) is 56.7 cm³/mol. The first-order valence-electron chi connectivity index (χ1n) is 4.67. The van der Waals surface area contributed by atoms with Crippen LogP contribution in [0.1, 0.15) is 18.6 Å². The fourth-order valence-electron chi connectivity index (χ4n) is 1.18. The Morgan fingerprint density at radius 1 is 1.50 bits per heavy atom. The number of carbonyl (C=O) groups excluding carboxylic acids is 1. The van der Waals surface area contributed by atoms with E-state index in [1.807, 2.05) is 0 Å². The van der Waals surface area contributed by atoms with Crippen molar-refractivity contribution in [2.75, 3.05) is 6.54 Å². The van der Waals surface area contributed by atoms with Crippen LogP contribution < -0.4 is 5.32 Å². The number of nitro groups is 1. The average Bonchev–Trinajstić information content (AvgIpc) is 2.26. The third-order valence-corrected chi connectivity index (χ3v) is 2.03. The summed E-state index contributed by atoms with van der Waals surface area (Å²) >= 11 is 0. The molecule has 1 atom stereocenters. The van der Waals surface area contributed by atoms with Gasteiger partial charge < -0.3 is 10.4 Å². The van der Waals surface area contributed by atoms with E-state index in [4.69, 9.17) is 0 Å². The SMILES string of the molecule is CC(=O)NC[C@H](O)c1ccc([N+](=O)[O-])cc1. The molecule has 6 heteroatoms. The number of hydrogen-bond acceptors (Lipinski definition) is 4. The molecule has 0 aliphatic heterocycles. The molecule has 0 unspecified atom stereocenters. The van der Waals surface area contributed by atoms with Crippen molar-refractivity contribution >= 4 is 11.6 Å². The van der Waals surface area contributed by atoms with E-state index in [2.05, 4.69) is 5.32 Å². The van der Waals surface area contributed by atoms with Gasteiger partial charge in [-0.05, 0) is 17.7 Å². The lowest BCUT2D eigenvalue weighted by Gasteiger charge is -2.10. The number of amides is 1. The molecular formula is C10H12N2O4. The van der Waals surface area contributed by atoms with Gasteiger partial charge in [-0.2, -0.15) is 0 Å². The van der Waals surface area contributed by atoms with Crippen LogP contribution in [0.15, 0.2) is 24.3 Å². The molecular weight excluding hydrogens is 212 g/mol. The van der Waals surface area contributed by atoms with Crippen molar-refractivity contribution < 1.29 is 14.8 Å². The van der Waals surface area contributed by atoms with E-state index in [0.29, 0.717) is 5.56 Å². The number of aliphatic hydroxyl groups is 1. The van der Waals surface area contributed by atoms with Gasteiger partial charge in [-0.25, -0.2) is 0 Å². The fraction of sp³-hybridized carbons (Fsp3) is 0.300. The summed E-state index contributed by atoms with van der Waals surface area (Å²) in [7, 11) is 0. The number of nitrogens with zero attached hydrogens (tertiary/aromatic N) is 1. The van der Waals surface area contributed by atoms with Gasteiger partial charge in [-0.3, -0.25) is 14.9 Å². The summed E-state index contributed by atoms with van der Waals surface area (Å²) in [5.74, 6) is -0.235. The molecule has 0 heterocycles. The lowest BCUT2D eigenvalue weighted by Crippen LogP contribution is -2.25. The van der Waals surface area contributed by atoms with Crippen LogP contribution in [-0.2, 0) is 4.79 Å². The molecule has 0 aliphatic rings. The maximum atomic E-state index is 10.6. The first kappa shape index (κ1) is 12.1. The van der Waals surface area contributed by atoms with Crippen molar-refractivity contribution in [3.63, 3.8) is 0 Å². The molecule has 1 aromatic carbocycles. The quantitative estimate of drug-likeness (QED) is 0.583. The number of benzene rings is 1. The van der Waals surface area contributed by atoms with E-state index in [1.54, 1.807) is 0 Å². The highest BCUT2D eigenvalue weighted by Crippen LogP contribution is 2.17. The molecule has 6 nitrogen and oxygen atoms in total. The number of non-ortho nitro benzene ring substituents is 1. The maximum Gasteiger partial charge on any atom is 0.269 e. The van der Waals surface area contributed by atoms with Crippen LogP contribution in [0.4, 0.5) is 5.69 Å². The Morgan fingerprint density at radius 3 is 2.50 bits per heavy atom. The molecule has 0 bridgehead atoms. The van der Waals surface area contributed by atoms with Crippen LogP contribution in [0, 0.1) is 10.1 Å². The number of nitro benzene ring substituents is 1. The van der Waals surface area contributed by atoms with E-state index in [9.17, 15) is 20.0 Å². The second kappa shape index (κ2) is 5.22. The zero-order valence-corrected chi connectivity index (χ0v) is 8.71. The number of hydrogen-bond donors (Lipinski definition) is 2. The van der Waals surface area contributed by atoms with Crippen LogP contribution in [-0.4, -0.2) is 22.5 Å². The molecule has 0 aliphatic carbocycles. The predicted octanol–water partition coefficient (Wildman–Crippen LogP) is 0.764. The monoisotopic (exact) mass is 224 g/mol. The first-order chi connectivity index (χ1) is 7.50. The van der Waals surface area contributed by atoms with E-state index in [-0.39, 0.29) is 18.1 Å². The lowest BCUT2D eigenvalue weighted by atomic mass is 10.1. The van der Waals surface area contributed by atoms with Gasteiger partial charge in [0.05, 0.1) is 11.0 Å². The molecule has 0 saturated heterocycles. The highest BCUT2D eigenvalue weighted by atomic mass is 16.6. The Labute approximate surface area is 92.0 Å². The summed E-state index contributed by atoms with van der Waals surface area (Å²) in [5, 5.41) is 22.5. The maximum absolute atomic E-state index is 10.6. The molecule has 16 heavy (non-hydrogen) atoms. The van der Waals surface area contributed by atoms with Crippen molar-refractivity contribution in [1.29, 1.82) is 0 Å².